The Morgan fingerprint density at radius 2 is 2.38 bits per heavy atom. The number of terminal acetylenes is 1. The summed E-state index contributed by atoms with van der Waals surface area (Å²) in [6, 6.07) is 0.730. The van der Waals surface area contributed by atoms with E-state index in [0.717, 1.165) is 25.6 Å². The van der Waals surface area contributed by atoms with Gasteiger partial charge in [0.1, 0.15) is 0 Å². The summed E-state index contributed by atoms with van der Waals surface area (Å²) in [7, 11) is 0. The Labute approximate surface area is 81.7 Å². The number of nitrogens with zero attached hydrogens (tertiary/aromatic N) is 1. The van der Waals surface area contributed by atoms with Crippen molar-refractivity contribution >= 4 is 0 Å². The maximum atomic E-state index is 5.28. The molecule has 1 rings (SSSR count). The van der Waals surface area contributed by atoms with Crippen LogP contribution in [0.15, 0.2) is 0 Å². The third-order valence-corrected chi connectivity index (χ3v) is 2.60. The molecule has 0 saturated carbocycles. The molecule has 1 atom stereocenters. The van der Waals surface area contributed by atoms with Crippen molar-refractivity contribution < 1.29 is 0 Å². The van der Waals surface area contributed by atoms with Gasteiger partial charge in [-0.1, -0.05) is 6.92 Å². The van der Waals surface area contributed by atoms with Crippen LogP contribution in [0.3, 0.4) is 0 Å². The molecule has 2 heteroatoms. The van der Waals surface area contributed by atoms with Crippen molar-refractivity contribution in [3.05, 3.63) is 0 Å². The van der Waals surface area contributed by atoms with Gasteiger partial charge >= 0.3 is 0 Å². The van der Waals surface area contributed by atoms with Crippen LogP contribution in [0.4, 0.5) is 0 Å². The van der Waals surface area contributed by atoms with Crippen molar-refractivity contribution in [2.45, 2.75) is 32.2 Å². The highest BCUT2D eigenvalue weighted by Gasteiger charge is 2.20. The van der Waals surface area contributed by atoms with Gasteiger partial charge in [-0.25, -0.2) is 0 Å². The molecule has 0 radical (unpaired) electrons. The van der Waals surface area contributed by atoms with Gasteiger partial charge in [-0.3, -0.25) is 4.90 Å². The zero-order valence-corrected chi connectivity index (χ0v) is 8.55. The highest BCUT2D eigenvalue weighted by Crippen LogP contribution is 2.09. The molecule has 2 nitrogen and oxygen atoms in total. The van der Waals surface area contributed by atoms with Gasteiger partial charge in [0.2, 0.25) is 0 Å². The van der Waals surface area contributed by atoms with E-state index < -0.39 is 0 Å². The first kappa shape index (κ1) is 10.6. The predicted octanol–water partition coefficient (Wildman–Crippen LogP) is 1.08. The SMILES string of the molecule is C#CCCN(CCC)C1CCNC1. The average molecular weight is 180 g/mol. The minimum atomic E-state index is 0.730. The first-order valence-electron chi connectivity index (χ1n) is 5.26. The van der Waals surface area contributed by atoms with E-state index in [9.17, 15) is 0 Å². The maximum Gasteiger partial charge on any atom is 0.0233 e. The summed E-state index contributed by atoms with van der Waals surface area (Å²) < 4.78 is 0. The van der Waals surface area contributed by atoms with E-state index in [2.05, 4.69) is 23.1 Å². The molecule has 1 aliphatic rings. The Bertz CT molecular complexity index is 165. The molecule has 0 amide bonds. The lowest BCUT2D eigenvalue weighted by Crippen LogP contribution is -2.38. The maximum absolute atomic E-state index is 5.28. The second kappa shape index (κ2) is 6.01. The van der Waals surface area contributed by atoms with Gasteiger partial charge in [-0.05, 0) is 25.9 Å². The topological polar surface area (TPSA) is 15.3 Å². The molecular formula is C11H20N2. The molecule has 0 aliphatic carbocycles. The van der Waals surface area contributed by atoms with Gasteiger partial charge in [-0.15, -0.1) is 12.3 Å². The molecule has 1 unspecified atom stereocenters. The lowest BCUT2D eigenvalue weighted by atomic mass is 10.2. The molecule has 0 bridgehead atoms. The zero-order chi connectivity index (χ0) is 9.52. The van der Waals surface area contributed by atoms with Crippen LogP contribution in [0.2, 0.25) is 0 Å². The van der Waals surface area contributed by atoms with E-state index in [4.69, 9.17) is 6.42 Å². The zero-order valence-electron chi connectivity index (χ0n) is 8.55. The lowest BCUT2D eigenvalue weighted by molar-refractivity contribution is 0.213. The second-order valence-corrected chi connectivity index (χ2v) is 3.64. The van der Waals surface area contributed by atoms with Gasteiger partial charge in [0, 0.05) is 25.6 Å². The summed E-state index contributed by atoms with van der Waals surface area (Å²) in [4.78, 5) is 2.53. The molecular weight excluding hydrogens is 160 g/mol. The smallest absolute Gasteiger partial charge is 0.0233 e. The minimum Gasteiger partial charge on any atom is -0.315 e. The van der Waals surface area contributed by atoms with Crippen LogP contribution < -0.4 is 5.32 Å². The molecule has 1 saturated heterocycles. The third-order valence-electron chi connectivity index (χ3n) is 2.60. The Kier molecular flexibility index (Phi) is 4.88. The van der Waals surface area contributed by atoms with Crippen LogP contribution in [0.25, 0.3) is 0 Å². The van der Waals surface area contributed by atoms with Crippen LogP contribution in [-0.4, -0.2) is 37.1 Å². The molecule has 0 aromatic rings. The van der Waals surface area contributed by atoms with Crippen molar-refractivity contribution in [1.82, 2.24) is 10.2 Å². The van der Waals surface area contributed by atoms with E-state index in [1.165, 1.54) is 25.9 Å². The fourth-order valence-corrected chi connectivity index (χ4v) is 1.92. The molecule has 13 heavy (non-hydrogen) atoms. The largest absolute Gasteiger partial charge is 0.315 e. The van der Waals surface area contributed by atoms with Gasteiger partial charge in [0.25, 0.3) is 0 Å². The summed E-state index contributed by atoms with van der Waals surface area (Å²) >= 11 is 0. The van der Waals surface area contributed by atoms with Gasteiger partial charge in [0.05, 0.1) is 0 Å². The van der Waals surface area contributed by atoms with E-state index in [0.29, 0.717) is 0 Å². The Balaban J connectivity index is 2.31. The van der Waals surface area contributed by atoms with Crippen molar-refractivity contribution in [3.63, 3.8) is 0 Å². The van der Waals surface area contributed by atoms with Crippen LogP contribution in [0.1, 0.15) is 26.2 Å². The van der Waals surface area contributed by atoms with Crippen molar-refractivity contribution in [2.24, 2.45) is 0 Å². The minimum absolute atomic E-state index is 0.730. The summed E-state index contributed by atoms with van der Waals surface area (Å²) in [5, 5.41) is 3.39. The third kappa shape index (κ3) is 3.38. The average Bonchev–Trinajstić information content (AvgIpc) is 2.65. The van der Waals surface area contributed by atoms with Crippen molar-refractivity contribution in [1.29, 1.82) is 0 Å². The molecule has 1 fully saturated rings. The van der Waals surface area contributed by atoms with Crippen LogP contribution in [-0.2, 0) is 0 Å². The van der Waals surface area contributed by atoms with Crippen LogP contribution in [0.5, 0.6) is 0 Å². The standard InChI is InChI=1S/C11H20N2/c1-3-5-9-13(8-4-2)11-6-7-12-10-11/h1,11-12H,4-10H2,2H3. The Hall–Kier alpha value is -0.520. The number of rotatable bonds is 5. The van der Waals surface area contributed by atoms with Gasteiger partial charge in [-0.2, -0.15) is 0 Å². The molecule has 0 spiro atoms. The van der Waals surface area contributed by atoms with Crippen LogP contribution in [0, 0.1) is 12.3 Å². The van der Waals surface area contributed by atoms with Gasteiger partial charge in [0.15, 0.2) is 0 Å². The van der Waals surface area contributed by atoms with E-state index >= 15 is 0 Å². The predicted molar refractivity (Wildman–Crippen MR) is 56.6 cm³/mol. The molecule has 0 aromatic carbocycles. The molecule has 1 heterocycles. The molecule has 0 aromatic heterocycles. The molecule has 74 valence electrons. The van der Waals surface area contributed by atoms with Crippen molar-refractivity contribution in [2.75, 3.05) is 26.2 Å². The van der Waals surface area contributed by atoms with E-state index in [1.807, 2.05) is 0 Å². The highest BCUT2D eigenvalue weighted by atomic mass is 15.2. The Morgan fingerprint density at radius 1 is 1.54 bits per heavy atom. The quantitative estimate of drug-likeness (QED) is 0.637. The summed E-state index contributed by atoms with van der Waals surface area (Å²) in [5.41, 5.74) is 0. The van der Waals surface area contributed by atoms with Crippen molar-refractivity contribution in [3.8, 4) is 12.3 Å². The van der Waals surface area contributed by atoms with Crippen LogP contribution >= 0.6 is 0 Å². The number of hydrogen-bond donors (Lipinski definition) is 1. The summed E-state index contributed by atoms with van der Waals surface area (Å²) in [6.45, 7) is 6.79. The highest BCUT2D eigenvalue weighted by molar-refractivity contribution is 4.87. The fourth-order valence-electron chi connectivity index (χ4n) is 1.92. The lowest BCUT2D eigenvalue weighted by Gasteiger charge is -2.26. The van der Waals surface area contributed by atoms with Gasteiger partial charge < -0.3 is 5.32 Å². The summed E-state index contributed by atoms with van der Waals surface area (Å²) in [6.07, 6.45) is 8.67. The molecule has 1 N–H and O–H groups in total. The first-order chi connectivity index (χ1) is 6.38. The second-order valence-electron chi connectivity index (χ2n) is 3.64. The Morgan fingerprint density at radius 3 is 2.92 bits per heavy atom. The summed E-state index contributed by atoms with van der Waals surface area (Å²) in [5.74, 6) is 2.72. The first-order valence-corrected chi connectivity index (χ1v) is 5.26. The number of hydrogen-bond acceptors (Lipinski definition) is 2. The fraction of sp³-hybridized carbons (Fsp3) is 0.818. The monoisotopic (exact) mass is 180 g/mol. The molecule has 1 aliphatic heterocycles. The normalized spacial score (nSPS) is 22.1. The van der Waals surface area contributed by atoms with E-state index in [1.54, 1.807) is 0 Å². The number of nitrogens with one attached hydrogen (secondary N) is 1. The van der Waals surface area contributed by atoms with E-state index in [-0.39, 0.29) is 0 Å².